The van der Waals surface area contributed by atoms with E-state index in [1.165, 1.54) is 12.1 Å². The van der Waals surface area contributed by atoms with Gasteiger partial charge in [-0.05, 0) is 74.7 Å². The van der Waals surface area contributed by atoms with Crippen molar-refractivity contribution in [2.45, 2.75) is 82.4 Å². The fourth-order valence-corrected chi connectivity index (χ4v) is 5.52. The largest absolute Gasteiger partial charge is 0.444 e. The minimum absolute atomic E-state index is 0.150. The summed E-state index contributed by atoms with van der Waals surface area (Å²) in [4.78, 5) is 12.4. The third kappa shape index (κ3) is 6.00. The first-order valence-electron chi connectivity index (χ1n) is 10.2. The van der Waals surface area contributed by atoms with E-state index in [1.54, 1.807) is 31.5 Å². The van der Waals surface area contributed by atoms with Crippen LogP contribution in [-0.4, -0.2) is 35.9 Å². The number of sulfone groups is 1. The normalized spacial score (nSPS) is 13.1. The van der Waals surface area contributed by atoms with Crippen LogP contribution in [0.2, 0.25) is 0 Å². The Bertz CT molecular complexity index is 1060. The number of nitrogens with one attached hydrogen (secondary N) is 1. The van der Waals surface area contributed by atoms with Crippen LogP contribution < -0.4 is 11.1 Å². The molecule has 3 N–H and O–H groups in total. The number of anilines is 1. The SMILES string of the molecule is CCc1nn(C[C@H](C)NC(=O)OC(C)(C)C)c(CC)c1S(=O)(=O)c1ccc(N)c(Br)c1. The molecule has 1 atom stereocenters. The first-order valence-corrected chi connectivity index (χ1v) is 12.5. The molecule has 1 amide bonds. The van der Waals surface area contributed by atoms with Gasteiger partial charge in [0.1, 0.15) is 10.5 Å². The second kappa shape index (κ2) is 9.60. The molecule has 8 nitrogen and oxygen atoms in total. The molecule has 2 rings (SSSR count). The molecule has 0 spiro atoms. The molecular weight excluding hydrogens is 484 g/mol. The average molecular weight is 515 g/mol. The van der Waals surface area contributed by atoms with E-state index in [0.717, 1.165) is 0 Å². The third-order valence-corrected chi connectivity index (χ3v) is 7.08. The lowest BCUT2D eigenvalue weighted by atomic mass is 10.2. The zero-order valence-electron chi connectivity index (χ0n) is 18.8. The fraction of sp³-hybridized carbons (Fsp3) is 0.524. The maximum absolute atomic E-state index is 13.5. The predicted molar refractivity (Wildman–Crippen MR) is 124 cm³/mol. The summed E-state index contributed by atoms with van der Waals surface area (Å²) in [6.07, 6.45) is 0.399. The van der Waals surface area contributed by atoms with Crippen molar-refractivity contribution in [2.24, 2.45) is 0 Å². The van der Waals surface area contributed by atoms with E-state index in [2.05, 4.69) is 26.3 Å². The Balaban J connectivity index is 2.41. The zero-order chi connectivity index (χ0) is 23.6. The minimum Gasteiger partial charge on any atom is -0.444 e. The number of nitrogens with zero attached hydrogens (tertiary/aromatic N) is 2. The number of nitrogen functional groups attached to an aromatic ring is 1. The molecule has 0 aliphatic rings. The summed E-state index contributed by atoms with van der Waals surface area (Å²) in [7, 11) is -3.81. The molecule has 0 saturated carbocycles. The number of amides is 1. The molecular formula is C21H31BrN4O4S. The second-order valence-corrected chi connectivity index (χ2v) is 11.1. The van der Waals surface area contributed by atoms with Crippen molar-refractivity contribution in [3.8, 4) is 0 Å². The molecule has 0 unspecified atom stereocenters. The first-order chi connectivity index (χ1) is 14.3. The summed E-state index contributed by atoms with van der Waals surface area (Å²) < 4.78 is 34.5. The maximum atomic E-state index is 13.5. The number of carbonyl (C=O) groups is 1. The lowest BCUT2D eigenvalue weighted by molar-refractivity contribution is 0.0503. The van der Waals surface area contributed by atoms with Crippen LogP contribution in [0.3, 0.4) is 0 Å². The second-order valence-electron chi connectivity index (χ2n) is 8.35. The molecule has 10 heteroatoms. The highest BCUT2D eigenvalue weighted by Crippen LogP contribution is 2.31. The predicted octanol–water partition coefficient (Wildman–Crippen LogP) is 4.10. The van der Waals surface area contributed by atoms with Crippen LogP contribution in [-0.2, 0) is 34.0 Å². The molecule has 31 heavy (non-hydrogen) atoms. The molecule has 0 saturated heterocycles. The summed E-state index contributed by atoms with van der Waals surface area (Å²) in [5.74, 6) is 0. The van der Waals surface area contributed by atoms with Gasteiger partial charge in [0.05, 0.1) is 22.8 Å². The molecule has 1 heterocycles. The van der Waals surface area contributed by atoms with Crippen molar-refractivity contribution in [3.63, 3.8) is 0 Å². The van der Waals surface area contributed by atoms with Crippen LogP contribution in [0.25, 0.3) is 0 Å². The van der Waals surface area contributed by atoms with Gasteiger partial charge in [0.15, 0.2) is 0 Å². The number of rotatable bonds is 7. The molecule has 172 valence electrons. The van der Waals surface area contributed by atoms with Crippen LogP contribution >= 0.6 is 15.9 Å². The average Bonchev–Trinajstić information content (AvgIpc) is 2.99. The number of alkyl carbamates (subject to hydrolysis) is 1. The molecule has 0 aliphatic heterocycles. The number of ether oxygens (including phenoxy) is 1. The van der Waals surface area contributed by atoms with E-state index in [9.17, 15) is 13.2 Å². The number of halogens is 1. The van der Waals surface area contributed by atoms with Gasteiger partial charge >= 0.3 is 6.09 Å². The Morgan fingerprint density at radius 2 is 1.94 bits per heavy atom. The molecule has 0 radical (unpaired) electrons. The van der Waals surface area contributed by atoms with Crippen LogP contribution in [0.15, 0.2) is 32.5 Å². The fourth-order valence-electron chi connectivity index (χ4n) is 3.18. The lowest BCUT2D eigenvalue weighted by Crippen LogP contribution is -2.40. The van der Waals surface area contributed by atoms with Gasteiger partial charge in [0.2, 0.25) is 9.84 Å². The topological polar surface area (TPSA) is 116 Å². The molecule has 1 aromatic carbocycles. The van der Waals surface area contributed by atoms with E-state index in [4.69, 9.17) is 10.5 Å². The van der Waals surface area contributed by atoms with Gasteiger partial charge in [-0.25, -0.2) is 13.2 Å². The number of hydrogen-bond donors (Lipinski definition) is 2. The van der Waals surface area contributed by atoms with E-state index >= 15 is 0 Å². The standard InChI is InChI=1S/C21H31BrN4O4S/c1-7-17-19(31(28,29)14-9-10-16(23)15(22)11-14)18(8-2)26(25-17)12-13(3)24-20(27)30-21(4,5)6/h9-11,13H,7-8,12,23H2,1-6H3,(H,24,27)/t13-/m0/s1. The Morgan fingerprint density at radius 1 is 1.29 bits per heavy atom. The van der Waals surface area contributed by atoms with Crippen LogP contribution in [0, 0.1) is 0 Å². The summed E-state index contributed by atoms with van der Waals surface area (Å²) in [6, 6.07) is 4.25. The van der Waals surface area contributed by atoms with Gasteiger partial charge in [0.25, 0.3) is 0 Å². The van der Waals surface area contributed by atoms with Gasteiger partial charge in [0, 0.05) is 16.2 Å². The smallest absolute Gasteiger partial charge is 0.407 e. The highest BCUT2D eigenvalue weighted by atomic mass is 79.9. The van der Waals surface area contributed by atoms with Crippen molar-refractivity contribution in [1.29, 1.82) is 0 Å². The third-order valence-electron chi connectivity index (χ3n) is 4.51. The number of carbonyl (C=O) groups excluding carboxylic acids is 1. The van der Waals surface area contributed by atoms with Gasteiger partial charge in [-0.3, -0.25) is 4.68 Å². The molecule has 1 aromatic heterocycles. The highest BCUT2D eigenvalue weighted by molar-refractivity contribution is 9.10. The first kappa shape index (κ1) is 25.2. The Hall–Kier alpha value is -2.07. The van der Waals surface area contributed by atoms with Crippen molar-refractivity contribution in [1.82, 2.24) is 15.1 Å². The number of hydrogen-bond acceptors (Lipinski definition) is 6. The number of aryl methyl sites for hydroxylation is 1. The van der Waals surface area contributed by atoms with Gasteiger partial charge in [-0.1, -0.05) is 13.8 Å². The number of benzene rings is 1. The summed E-state index contributed by atoms with van der Waals surface area (Å²) in [5.41, 5.74) is 6.77. The quantitative estimate of drug-likeness (QED) is 0.537. The maximum Gasteiger partial charge on any atom is 0.407 e. The Morgan fingerprint density at radius 3 is 2.45 bits per heavy atom. The van der Waals surface area contributed by atoms with Gasteiger partial charge in [-0.15, -0.1) is 0 Å². The molecule has 0 fully saturated rings. The molecule has 2 aromatic rings. The van der Waals surface area contributed by atoms with E-state index in [1.807, 2.05) is 20.8 Å². The number of nitrogens with two attached hydrogens (primary N) is 1. The summed E-state index contributed by atoms with van der Waals surface area (Å²) in [6.45, 7) is 11.3. The molecule has 0 bridgehead atoms. The van der Waals surface area contributed by atoms with E-state index in [0.29, 0.717) is 40.9 Å². The van der Waals surface area contributed by atoms with Crippen LogP contribution in [0.4, 0.5) is 10.5 Å². The lowest BCUT2D eigenvalue weighted by Gasteiger charge is -2.22. The Labute approximate surface area is 192 Å². The van der Waals surface area contributed by atoms with Crippen molar-refractivity contribution >= 4 is 37.5 Å². The molecule has 0 aliphatic carbocycles. The van der Waals surface area contributed by atoms with Crippen LogP contribution in [0.1, 0.15) is 52.9 Å². The van der Waals surface area contributed by atoms with Crippen LogP contribution in [0.5, 0.6) is 0 Å². The summed E-state index contributed by atoms with van der Waals surface area (Å²) >= 11 is 3.30. The van der Waals surface area contributed by atoms with Crippen molar-refractivity contribution in [2.75, 3.05) is 5.73 Å². The van der Waals surface area contributed by atoms with Crippen molar-refractivity contribution < 1.29 is 17.9 Å². The number of aromatic nitrogens is 2. The zero-order valence-corrected chi connectivity index (χ0v) is 21.2. The summed E-state index contributed by atoms with van der Waals surface area (Å²) in [5, 5.41) is 7.34. The Kier molecular flexibility index (Phi) is 7.80. The van der Waals surface area contributed by atoms with Gasteiger partial charge in [-0.2, -0.15) is 5.10 Å². The highest BCUT2D eigenvalue weighted by Gasteiger charge is 2.30. The van der Waals surface area contributed by atoms with E-state index < -0.39 is 21.5 Å². The minimum atomic E-state index is -3.81. The van der Waals surface area contributed by atoms with E-state index in [-0.39, 0.29) is 15.8 Å². The van der Waals surface area contributed by atoms with Gasteiger partial charge < -0.3 is 15.8 Å². The van der Waals surface area contributed by atoms with Crippen molar-refractivity contribution in [3.05, 3.63) is 34.1 Å². The monoisotopic (exact) mass is 514 g/mol.